The topological polar surface area (TPSA) is 141 Å². The number of carbonyl (C=O) groups excluding carboxylic acids is 3. The van der Waals surface area contributed by atoms with Crippen LogP contribution < -0.4 is 16.2 Å². The summed E-state index contributed by atoms with van der Waals surface area (Å²) in [5, 5.41) is 12.7. The van der Waals surface area contributed by atoms with E-state index in [1.807, 2.05) is 0 Å². The molecule has 0 bridgehead atoms. The van der Waals surface area contributed by atoms with Crippen molar-refractivity contribution in [2.75, 3.05) is 5.32 Å². The minimum absolute atomic E-state index is 0.0863. The summed E-state index contributed by atoms with van der Waals surface area (Å²) < 4.78 is 30.3. The van der Waals surface area contributed by atoms with Crippen LogP contribution in [-0.2, 0) is 27.3 Å². The van der Waals surface area contributed by atoms with Crippen LogP contribution in [0.2, 0.25) is 0 Å². The van der Waals surface area contributed by atoms with E-state index in [1.54, 1.807) is 19.1 Å². The Hall–Kier alpha value is -4.81. The van der Waals surface area contributed by atoms with Crippen LogP contribution >= 0.6 is 0 Å². The highest BCUT2D eigenvalue weighted by Crippen LogP contribution is 2.23. The van der Waals surface area contributed by atoms with Crippen LogP contribution in [0.1, 0.15) is 36.0 Å². The van der Waals surface area contributed by atoms with Crippen molar-refractivity contribution in [2.24, 2.45) is 0 Å². The molecule has 0 radical (unpaired) electrons. The first-order valence-electron chi connectivity index (χ1n) is 11.7. The first-order chi connectivity index (χ1) is 18.2. The van der Waals surface area contributed by atoms with Crippen molar-refractivity contribution in [3.8, 4) is 0 Å². The van der Waals surface area contributed by atoms with Crippen molar-refractivity contribution in [1.29, 1.82) is 0 Å². The number of carbonyl (C=O) groups is 3. The monoisotopic (exact) mass is 521 g/mol. The minimum atomic E-state index is -0.907. The van der Waals surface area contributed by atoms with E-state index in [4.69, 9.17) is 0 Å². The number of hydrogen-bond donors (Lipinski definition) is 2. The Labute approximate surface area is 213 Å². The van der Waals surface area contributed by atoms with E-state index < -0.39 is 41.0 Å². The van der Waals surface area contributed by atoms with Gasteiger partial charge in [-0.3, -0.25) is 29.1 Å². The van der Waals surface area contributed by atoms with E-state index >= 15 is 0 Å². The molecule has 1 unspecified atom stereocenters. The Morgan fingerprint density at radius 3 is 2.61 bits per heavy atom. The number of nitrogens with one attached hydrogen (secondary N) is 2. The zero-order chi connectivity index (χ0) is 27.0. The maximum absolute atomic E-state index is 13.9. The van der Waals surface area contributed by atoms with Gasteiger partial charge in [0.2, 0.25) is 17.7 Å². The molecule has 11 nitrogen and oxygen atoms in total. The van der Waals surface area contributed by atoms with Crippen LogP contribution in [0.15, 0.2) is 47.4 Å². The van der Waals surface area contributed by atoms with Crippen LogP contribution in [0.25, 0.3) is 10.9 Å². The molecule has 5 rings (SSSR count). The highest BCUT2D eigenvalue weighted by atomic mass is 19.1. The van der Waals surface area contributed by atoms with Gasteiger partial charge in [0, 0.05) is 18.2 Å². The molecule has 3 heterocycles. The SMILES string of the molecule is Cc1nc2cccc(NC(=O)Cc3cn(Cc4c(F)cccc4F)nn3)c2c(=O)n1C1CCC(=O)NC1=O. The lowest BCUT2D eigenvalue weighted by Crippen LogP contribution is -2.45. The van der Waals surface area contributed by atoms with E-state index in [9.17, 15) is 28.0 Å². The summed E-state index contributed by atoms with van der Waals surface area (Å²) >= 11 is 0. The molecule has 1 fully saturated rings. The third-order valence-corrected chi connectivity index (χ3v) is 6.21. The molecule has 1 aliphatic rings. The molecule has 0 spiro atoms. The van der Waals surface area contributed by atoms with Crippen molar-refractivity contribution >= 4 is 34.3 Å². The molecule has 4 aromatic rings. The first kappa shape index (κ1) is 24.9. The van der Waals surface area contributed by atoms with Crippen LogP contribution in [0, 0.1) is 18.6 Å². The zero-order valence-corrected chi connectivity index (χ0v) is 20.1. The van der Waals surface area contributed by atoms with E-state index in [1.165, 1.54) is 27.6 Å². The number of piperidine rings is 1. The van der Waals surface area contributed by atoms with Crippen LogP contribution in [0.5, 0.6) is 0 Å². The van der Waals surface area contributed by atoms with Crippen LogP contribution in [0.3, 0.4) is 0 Å². The largest absolute Gasteiger partial charge is 0.325 e. The second-order valence-corrected chi connectivity index (χ2v) is 8.83. The predicted molar refractivity (Wildman–Crippen MR) is 130 cm³/mol. The summed E-state index contributed by atoms with van der Waals surface area (Å²) in [6, 6.07) is 7.40. The van der Waals surface area contributed by atoms with Crippen molar-refractivity contribution < 1.29 is 23.2 Å². The number of benzene rings is 2. The molecule has 2 N–H and O–H groups in total. The molecule has 0 saturated carbocycles. The molecule has 1 saturated heterocycles. The second-order valence-electron chi connectivity index (χ2n) is 8.83. The Bertz CT molecular complexity index is 1640. The van der Waals surface area contributed by atoms with Crippen molar-refractivity contribution in [3.63, 3.8) is 0 Å². The van der Waals surface area contributed by atoms with Gasteiger partial charge in [-0.05, 0) is 37.6 Å². The summed E-state index contributed by atoms with van der Waals surface area (Å²) in [6.45, 7) is 1.38. The lowest BCUT2D eigenvalue weighted by Gasteiger charge is -2.24. The van der Waals surface area contributed by atoms with E-state index in [0.29, 0.717) is 11.3 Å². The maximum atomic E-state index is 13.9. The van der Waals surface area contributed by atoms with Gasteiger partial charge in [-0.2, -0.15) is 0 Å². The van der Waals surface area contributed by atoms with E-state index in [0.717, 1.165) is 12.1 Å². The number of hydrogen-bond acceptors (Lipinski definition) is 7. The van der Waals surface area contributed by atoms with Gasteiger partial charge in [-0.25, -0.2) is 18.4 Å². The molecule has 3 amide bonds. The number of anilines is 1. The molecule has 194 valence electrons. The molecule has 2 aromatic heterocycles. The van der Waals surface area contributed by atoms with E-state index in [2.05, 4.69) is 25.9 Å². The normalized spacial score (nSPS) is 15.5. The summed E-state index contributed by atoms with van der Waals surface area (Å²) in [6.07, 6.45) is 1.41. The summed E-state index contributed by atoms with van der Waals surface area (Å²) in [5.74, 6) is -2.66. The maximum Gasteiger partial charge on any atom is 0.264 e. The lowest BCUT2D eigenvalue weighted by molar-refractivity contribution is -0.135. The average molecular weight is 521 g/mol. The number of imide groups is 1. The number of aryl methyl sites for hydroxylation is 1. The number of nitrogens with zero attached hydrogens (tertiary/aromatic N) is 5. The first-order valence-corrected chi connectivity index (χ1v) is 11.7. The quantitative estimate of drug-likeness (QED) is 0.369. The van der Waals surface area contributed by atoms with Gasteiger partial charge in [0.25, 0.3) is 5.56 Å². The summed E-state index contributed by atoms with van der Waals surface area (Å²) in [5.41, 5.74) is 0.0444. The van der Waals surface area contributed by atoms with Gasteiger partial charge in [-0.15, -0.1) is 5.10 Å². The fourth-order valence-corrected chi connectivity index (χ4v) is 4.45. The number of halogens is 2. The molecule has 1 aliphatic heterocycles. The van der Waals surface area contributed by atoms with E-state index in [-0.39, 0.29) is 48.1 Å². The highest BCUT2D eigenvalue weighted by molar-refractivity contribution is 6.02. The number of fused-ring (bicyclic) bond motifs is 1. The molecule has 1 atom stereocenters. The van der Waals surface area contributed by atoms with Gasteiger partial charge in [0.1, 0.15) is 23.5 Å². The van der Waals surface area contributed by atoms with Gasteiger partial charge < -0.3 is 5.32 Å². The van der Waals surface area contributed by atoms with Crippen molar-refractivity contribution in [3.05, 3.63) is 81.7 Å². The van der Waals surface area contributed by atoms with Gasteiger partial charge in [0.05, 0.1) is 35.2 Å². The van der Waals surface area contributed by atoms with Crippen LogP contribution in [-0.4, -0.2) is 42.3 Å². The van der Waals surface area contributed by atoms with Gasteiger partial charge in [-0.1, -0.05) is 17.3 Å². The smallest absolute Gasteiger partial charge is 0.264 e. The third kappa shape index (κ3) is 4.77. The summed E-state index contributed by atoms with van der Waals surface area (Å²) in [4.78, 5) is 54.7. The third-order valence-electron chi connectivity index (χ3n) is 6.21. The molecular formula is C25H21F2N7O4. The average Bonchev–Trinajstić information content (AvgIpc) is 3.29. The Morgan fingerprint density at radius 1 is 1.13 bits per heavy atom. The molecule has 2 aromatic carbocycles. The molecule has 0 aliphatic carbocycles. The molecule has 38 heavy (non-hydrogen) atoms. The predicted octanol–water partition coefficient (Wildman–Crippen LogP) is 1.78. The Balaban J connectivity index is 1.38. The number of amides is 3. The number of rotatable bonds is 6. The minimum Gasteiger partial charge on any atom is -0.325 e. The van der Waals surface area contributed by atoms with Crippen molar-refractivity contribution in [1.82, 2.24) is 29.9 Å². The lowest BCUT2D eigenvalue weighted by atomic mass is 10.1. The van der Waals surface area contributed by atoms with Crippen molar-refractivity contribution in [2.45, 2.75) is 38.8 Å². The van der Waals surface area contributed by atoms with Crippen LogP contribution in [0.4, 0.5) is 14.5 Å². The second kappa shape index (κ2) is 9.92. The fraction of sp³-hybridized carbons (Fsp3) is 0.240. The fourth-order valence-electron chi connectivity index (χ4n) is 4.45. The standard InChI is InChI=1S/C25H21F2N7O4/c1-13-28-18-6-3-7-19(23(18)25(38)34(13)20-8-9-21(35)30-24(20)37)29-22(36)10-14-11-33(32-31-14)12-15-16(26)4-2-5-17(15)27/h2-7,11,20H,8-10,12H2,1H3,(H,29,36)(H,30,35,37). The summed E-state index contributed by atoms with van der Waals surface area (Å²) in [7, 11) is 0. The Kier molecular flexibility index (Phi) is 6.49. The highest BCUT2D eigenvalue weighted by Gasteiger charge is 2.31. The number of aromatic nitrogens is 5. The van der Waals surface area contributed by atoms with Gasteiger partial charge in [0.15, 0.2) is 0 Å². The molecule has 13 heteroatoms. The molecular weight excluding hydrogens is 500 g/mol. The Morgan fingerprint density at radius 2 is 1.87 bits per heavy atom. The van der Waals surface area contributed by atoms with Gasteiger partial charge >= 0.3 is 0 Å². The zero-order valence-electron chi connectivity index (χ0n) is 20.1.